The van der Waals surface area contributed by atoms with Gasteiger partial charge in [-0.25, -0.2) is 13.3 Å². The molecule has 4 aromatic rings. The zero-order valence-corrected chi connectivity index (χ0v) is 16.2. The lowest BCUT2D eigenvalue weighted by Gasteiger charge is -2.09. The van der Waals surface area contributed by atoms with Crippen LogP contribution in [0, 0.1) is 25.5 Å². The quantitative estimate of drug-likeness (QED) is 0.392. The molecule has 2 nitrogen and oxygen atoms in total. The van der Waals surface area contributed by atoms with E-state index in [-0.39, 0.29) is 11.6 Å². The monoisotopic (exact) mass is 366 g/mol. The van der Waals surface area contributed by atoms with E-state index in [0.717, 1.165) is 16.8 Å². The van der Waals surface area contributed by atoms with Crippen LogP contribution < -0.4 is 4.57 Å². The first kappa shape index (κ1) is 17.7. The SMILES string of the molecule is Cc1cc(F)c2c(oc3cc(F)cc(C)c32)c1-c1ccc(C(C)C)c[n+]1C. The van der Waals surface area contributed by atoms with Crippen molar-refractivity contribution in [2.24, 2.45) is 7.05 Å². The molecule has 0 fully saturated rings. The van der Waals surface area contributed by atoms with Crippen LogP contribution in [0.2, 0.25) is 0 Å². The fraction of sp³-hybridized carbons (Fsp3) is 0.261. The van der Waals surface area contributed by atoms with Gasteiger partial charge < -0.3 is 4.42 Å². The lowest BCUT2D eigenvalue weighted by Crippen LogP contribution is -2.31. The van der Waals surface area contributed by atoms with E-state index >= 15 is 0 Å². The van der Waals surface area contributed by atoms with Gasteiger partial charge in [0.25, 0.3) is 0 Å². The highest BCUT2D eigenvalue weighted by molar-refractivity contribution is 6.11. The Balaban J connectivity index is 2.12. The van der Waals surface area contributed by atoms with Crippen LogP contribution in [0.5, 0.6) is 0 Å². The van der Waals surface area contributed by atoms with Crippen molar-refractivity contribution in [2.45, 2.75) is 33.6 Å². The zero-order valence-electron chi connectivity index (χ0n) is 16.2. The van der Waals surface area contributed by atoms with Gasteiger partial charge in [0.15, 0.2) is 11.8 Å². The van der Waals surface area contributed by atoms with Gasteiger partial charge in [0.1, 0.15) is 24.3 Å². The molecule has 0 aliphatic heterocycles. The van der Waals surface area contributed by atoms with Crippen molar-refractivity contribution >= 4 is 21.9 Å². The molecule has 0 radical (unpaired) electrons. The molecule has 0 bridgehead atoms. The Hall–Kier alpha value is -2.75. The Morgan fingerprint density at radius 2 is 1.70 bits per heavy atom. The minimum atomic E-state index is -0.385. The number of aromatic nitrogens is 1. The number of pyridine rings is 1. The number of hydrogen-bond donors (Lipinski definition) is 0. The predicted molar refractivity (Wildman–Crippen MR) is 104 cm³/mol. The number of hydrogen-bond acceptors (Lipinski definition) is 1. The Morgan fingerprint density at radius 1 is 0.963 bits per heavy atom. The number of halogens is 2. The van der Waals surface area contributed by atoms with E-state index in [1.807, 2.05) is 24.6 Å². The van der Waals surface area contributed by atoms with Crippen molar-refractivity contribution in [1.82, 2.24) is 0 Å². The summed E-state index contributed by atoms with van der Waals surface area (Å²) >= 11 is 0. The standard InChI is InChI=1S/C23H22F2NO/c1-12(2)15-6-7-18(26(5)11-15)20-14(4)9-17(25)22-21-13(3)8-16(24)10-19(21)27-23(20)22/h6-12H,1-5H3/q+1. The van der Waals surface area contributed by atoms with Gasteiger partial charge in [0, 0.05) is 23.1 Å². The molecule has 4 rings (SSSR count). The second-order valence-electron chi connectivity index (χ2n) is 7.57. The lowest BCUT2D eigenvalue weighted by molar-refractivity contribution is -0.660. The molecule has 2 heterocycles. The molecule has 0 unspecified atom stereocenters. The van der Waals surface area contributed by atoms with Crippen LogP contribution in [0.15, 0.2) is 40.9 Å². The number of rotatable bonds is 2. The molecule has 0 amide bonds. The molecule has 4 heteroatoms. The zero-order chi connectivity index (χ0) is 19.5. The molecule has 0 saturated carbocycles. The van der Waals surface area contributed by atoms with Crippen LogP contribution in [-0.2, 0) is 7.05 Å². The minimum Gasteiger partial charge on any atom is -0.455 e. The molecule has 0 aliphatic rings. The van der Waals surface area contributed by atoms with E-state index in [1.165, 1.54) is 23.8 Å². The average Bonchev–Trinajstić information content (AvgIpc) is 2.95. The highest BCUT2D eigenvalue weighted by Gasteiger charge is 2.24. The van der Waals surface area contributed by atoms with Crippen LogP contribution in [0.25, 0.3) is 33.2 Å². The molecule has 138 valence electrons. The van der Waals surface area contributed by atoms with E-state index in [0.29, 0.717) is 33.4 Å². The minimum absolute atomic E-state index is 0.346. The van der Waals surface area contributed by atoms with E-state index < -0.39 is 0 Å². The summed E-state index contributed by atoms with van der Waals surface area (Å²) in [5.74, 6) is -0.317. The summed E-state index contributed by atoms with van der Waals surface area (Å²) in [5.41, 5.74) is 5.26. The molecule has 0 atom stereocenters. The van der Waals surface area contributed by atoms with Gasteiger partial charge in [-0.15, -0.1) is 0 Å². The summed E-state index contributed by atoms with van der Waals surface area (Å²) in [6, 6.07) is 8.39. The molecule has 2 aromatic heterocycles. The van der Waals surface area contributed by atoms with Crippen LogP contribution in [0.4, 0.5) is 8.78 Å². The number of fused-ring (bicyclic) bond motifs is 3. The molecule has 2 aromatic carbocycles. The normalized spacial score (nSPS) is 11.9. The van der Waals surface area contributed by atoms with E-state index in [9.17, 15) is 8.78 Å². The van der Waals surface area contributed by atoms with Crippen LogP contribution in [-0.4, -0.2) is 0 Å². The van der Waals surface area contributed by atoms with Crippen LogP contribution >= 0.6 is 0 Å². The maximum Gasteiger partial charge on any atom is 0.216 e. The van der Waals surface area contributed by atoms with Gasteiger partial charge in [-0.1, -0.05) is 13.8 Å². The summed E-state index contributed by atoms with van der Waals surface area (Å²) in [6.45, 7) is 7.94. The first-order valence-electron chi connectivity index (χ1n) is 9.09. The summed E-state index contributed by atoms with van der Waals surface area (Å²) in [4.78, 5) is 0. The smallest absolute Gasteiger partial charge is 0.216 e. The molecule has 0 aliphatic carbocycles. The molecule has 27 heavy (non-hydrogen) atoms. The average molecular weight is 366 g/mol. The summed E-state index contributed by atoms with van der Waals surface area (Å²) in [6.07, 6.45) is 2.09. The third-order valence-corrected chi connectivity index (χ3v) is 5.24. The summed E-state index contributed by atoms with van der Waals surface area (Å²) < 4.78 is 36.8. The Kier molecular flexibility index (Phi) is 4.02. The third-order valence-electron chi connectivity index (χ3n) is 5.24. The van der Waals surface area contributed by atoms with Gasteiger partial charge in [-0.2, -0.15) is 0 Å². The van der Waals surface area contributed by atoms with E-state index in [2.05, 4.69) is 26.1 Å². The van der Waals surface area contributed by atoms with Gasteiger partial charge in [0.05, 0.1) is 10.9 Å². The highest BCUT2D eigenvalue weighted by atomic mass is 19.1. The van der Waals surface area contributed by atoms with Crippen molar-refractivity contribution in [3.63, 3.8) is 0 Å². The van der Waals surface area contributed by atoms with Crippen molar-refractivity contribution in [3.8, 4) is 11.3 Å². The number of aryl methyl sites for hydroxylation is 3. The largest absolute Gasteiger partial charge is 0.455 e. The maximum absolute atomic E-state index is 14.9. The molecular weight excluding hydrogens is 344 g/mol. The van der Waals surface area contributed by atoms with Gasteiger partial charge in [-0.05, 0) is 49.1 Å². The van der Waals surface area contributed by atoms with Crippen molar-refractivity contribution in [3.05, 3.63) is 64.9 Å². The molecule has 0 spiro atoms. The predicted octanol–water partition coefficient (Wildman–Crippen LogP) is 6.10. The number of nitrogens with zero attached hydrogens (tertiary/aromatic N) is 1. The molecule has 0 saturated heterocycles. The second-order valence-corrected chi connectivity index (χ2v) is 7.57. The van der Waals surface area contributed by atoms with Gasteiger partial charge >= 0.3 is 0 Å². The number of benzene rings is 2. The fourth-order valence-electron chi connectivity index (χ4n) is 3.85. The van der Waals surface area contributed by atoms with Crippen LogP contribution in [0.3, 0.4) is 0 Å². The number of furan rings is 1. The van der Waals surface area contributed by atoms with Gasteiger partial charge in [-0.3, -0.25) is 0 Å². The van der Waals surface area contributed by atoms with Crippen molar-refractivity contribution < 1.29 is 17.8 Å². The topological polar surface area (TPSA) is 17.0 Å². The molecular formula is C23H22F2NO+. The van der Waals surface area contributed by atoms with E-state index in [4.69, 9.17) is 4.42 Å². The highest BCUT2D eigenvalue weighted by Crippen LogP contribution is 2.40. The maximum atomic E-state index is 14.9. The Labute approximate surface area is 157 Å². The van der Waals surface area contributed by atoms with Crippen molar-refractivity contribution in [2.75, 3.05) is 0 Å². The third kappa shape index (κ3) is 2.71. The summed E-state index contributed by atoms with van der Waals surface area (Å²) in [7, 11) is 1.98. The van der Waals surface area contributed by atoms with E-state index in [1.54, 1.807) is 6.92 Å². The summed E-state index contributed by atoms with van der Waals surface area (Å²) in [5, 5.41) is 1.04. The fourth-order valence-corrected chi connectivity index (χ4v) is 3.85. The first-order valence-corrected chi connectivity index (χ1v) is 9.09. The first-order chi connectivity index (χ1) is 12.8. The van der Waals surface area contributed by atoms with Gasteiger partial charge in [0.2, 0.25) is 5.69 Å². The molecule has 0 N–H and O–H groups in total. The van der Waals surface area contributed by atoms with Crippen LogP contribution in [0.1, 0.15) is 36.5 Å². The Bertz CT molecular complexity index is 1200. The van der Waals surface area contributed by atoms with Crippen molar-refractivity contribution in [1.29, 1.82) is 0 Å². The lowest BCUT2D eigenvalue weighted by atomic mass is 9.97. The Morgan fingerprint density at radius 3 is 2.37 bits per heavy atom. The second kappa shape index (κ2) is 6.15.